The van der Waals surface area contributed by atoms with Gasteiger partial charge in [-0.1, -0.05) is 44.2 Å². The summed E-state index contributed by atoms with van der Waals surface area (Å²) in [5, 5.41) is 4.42. The SMILES string of the molecule is CCN(CC)CCCN/N=C(\C)Cc1ccccc1. The fourth-order valence-corrected chi connectivity index (χ4v) is 2.04. The first-order valence-corrected chi connectivity index (χ1v) is 7.28. The summed E-state index contributed by atoms with van der Waals surface area (Å²) in [4.78, 5) is 2.43. The summed E-state index contributed by atoms with van der Waals surface area (Å²) < 4.78 is 0. The zero-order valence-corrected chi connectivity index (χ0v) is 12.5. The Labute approximate surface area is 117 Å². The monoisotopic (exact) mass is 261 g/mol. The average molecular weight is 261 g/mol. The van der Waals surface area contributed by atoms with E-state index in [9.17, 15) is 0 Å². The molecule has 1 rings (SSSR count). The summed E-state index contributed by atoms with van der Waals surface area (Å²) in [5.74, 6) is 0. The molecule has 0 heterocycles. The highest BCUT2D eigenvalue weighted by Gasteiger charge is 1.98. The topological polar surface area (TPSA) is 27.6 Å². The molecule has 106 valence electrons. The summed E-state index contributed by atoms with van der Waals surface area (Å²) in [6.45, 7) is 10.8. The van der Waals surface area contributed by atoms with Gasteiger partial charge in [-0.25, -0.2) is 0 Å². The Kier molecular flexibility index (Phi) is 7.91. The quantitative estimate of drug-likeness (QED) is 0.420. The normalized spacial score (nSPS) is 11.9. The Morgan fingerprint density at radius 2 is 1.84 bits per heavy atom. The van der Waals surface area contributed by atoms with Crippen LogP contribution in [0, 0.1) is 0 Å². The fourth-order valence-electron chi connectivity index (χ4n) is 2.04. The molecule has 0 bridgehead atoms. The molecule has 0 aliphatic heterocycles. The molecule has 1 aromatic carbocycles. The van der Waals surface area contributed by atoms with Crippen molar-refractivity contribution in [2.24, 2.45) is 5.10 Å². The summed E-state index contributed by atoms with van der Waals surface area (Å²) in [7, 11) is 0. The van der Waals surface area contributed by atoms with Crippen molar-refractivity contribution in [1.29, 1.82) is 0 Å². The number of hydrogen-bond donors (Lipinski definition) is 1. The van der Waals surface area contributed by atoms with E-state index in [2.05, 4.69) is 60.5 Å². The van der Waals surface area contributed by atoms with Crippen LogP contribution < -0.4 is 5.43 Å². The first kappa shape index (κ1) is 15.7. The van der Waals surface area contributed by atoms with Gasteiger partial charge in [0, 0.05) is 18.7 Å². The second-order valence-electron chi connectivity index (χ2n) is 4.80. The molecule has 0 fully saturated rings. The van der Waals surface area contributed by atoms with E-state index in [1.807, 2.05) is 6.07 Å². The van der Waals surface area contributed by atoms with Crippen LogP contribution in [-0.4, -0.2) is 36.8 Å². The maximum absolute atomic E-state index is 4.42. The summed E-state index contributed by atoms with van der Waals surface area (Å²) in [5.41, 5.74) is 5.62. The highest BCUT2D eigenvalue weighted by atomic mass is 15.3. The third-order valence-electron chi connectivity index (χ3n) is 3.23. The van der Waals surface area contributed by atoms with Crippen molar-refractivity contribution in [3.8, 4) is 0 Å². The van der Waals surface area contributed by atoms with Crippen molar-refractivity contribution < 1.29 is 0 Å². The van der Waals surface area contributed by atoms with E-state index in [-0.39, 0.29) is 0 Å². The van der Waals surface area contributed by atoms with E-state index < -0.39 is 0 Å². The third-order valence-corrected chi connectivity index (χ3v) is 3.23. The standard InChI is InChI=1S/C16H27N3/c1-4-19(5-2)13-9-12-17-18-15(3)14-16-10-7-6-8-11-16/h6-8,10-11,17H,4-5,9,12-14H2,1-3H3/b18-15+. The van der Waals surface area contributed by atoms with Crippen molar-refractivity contribution in [2.45, 2.75) is 33.6 Å². The third kappa shape index (κ3) is 6.97. The van der Waals surface area contributed by atoms with Gasteiger partial charge in [0.2, 0.25) is 0 Å². The molecule has 0 spiro atoms. The van der Waals surface area contributed by atoms with Crippen LogP contribution in [0.3, 0.4) is 0 Å². The molecule has 3 heteroatoms. The van der Waals surface area contributed by atoms with E-state index in [0.717, 1.165) is 44.7 Å². The van der Waals surface area contributed by atoms with Crippen LogP contribution >= 0.6 is 0 Å². The van der Waals surface area contributed by atoms with Gasteiger partial charge >= 0.3 is 0 Å². The van der Waals surface area contributed by atoms with Crippen LogP contribution in [0.4, 0.5) is 0 Å². The van der Waals surface area contributed by atoms with Crippen molar-refractivity contribution in [2.75, 3.05) is 26.2 Å². The molecule has 0 atom stereocenters. The van der Waals surface area contributed by atoms with Crippen LogP contribution in [-0.2, 0) is 6.42 Å². The van der Waals surface area contributed by atoms with E-state index in [0.29, 0.717) is 0 Å². The minimum Gasteiger partial charge on any atom is -0.310 e. The van der Waals surface area contributed by atoms with Gasteiger partial charge in [-0.2, -0.15) is 5.10 Å². The fraction of sp³-hybridized carbons (Fsp3) is 0.562. The molecule has 3 nitrogen and oxygen atoms in total. The maximum atomic E-state index is 4.42. The second-order valence-corrected chi connectivity index (χ2v) is 4.80. The summed E-state index contributed by atoms with van der Waals surface area (Å²) in [6, 6.07) is 10.5. The smallest absolute Gasteiger partial charge is 0.0391 e. The minimum absolute atomic E-state index is 0.921. The zero-order valence-electron chi connectivity index (χ0n) is 12.5. The number of nitrogens with zero attached hydrogens (tertiary/aromatic N) is 2. The van der Waals surface area contributed by atoms with E-state index in [1.165, 1.54) is 5.56 Å². The lowest BCUT2D eigenvalue weighted by atomic mass is 10.1. The largest absolute Gasteiger partial charge is 0.310 e. The highest BCUT2D eigenvalue weighted by molar-refractivity contribution is 5.83. The van der Waals surface area contributed by atoms with Gasteiger partial charge in [-0.3, -0.25) is 0 Å². The van der Waals surface area contributed by atoms with Crippen LogP contribution in [0.5, 0.6) is 0 Å². The first-order valence-electron chi connectivity index (χ1n) is 7.28. The van der Waals surface area contributed by atoms with Gasteiger partial charge in [0.15, 0.2) is 0 Å². The molecule has 1 N–H and O–H groups in total. The van der Waals surface area contributed by atoms with Gasteiger partial charge in [0.05, 0.1) is 0 Å². The molecule has 0 aromatic heterocycles. The van der Waals surface area contributed by atoms with Crippen LogP contribution in [0.2, 0.25) is 0 Å². The molecule has 19 heavy (non-hydrogen) atoms. The summed E-state index contributed by atoms with van der Waals surface area (Å²) >= 11 is 0. The van der Waals surface area contributed by atoms with Crippen molar-refractivity contribution in [3.63, 3.8) is 0 Å². The lowest BCUT2D eigenvalue weighted by molar-refractivity contribution is 0.298. The first-order chi connectivity index (χ1) is 9.26. The van der Waals surface area contributed by atoms with E-state index >= 15 is 0 Å². The Morgan fingerprint density at radius 3 is 2.47 bits per heavy atom. The van der Waals surface area contributed by atoms with Crippen LogP contribution in [0.1, 0.15) is 32.8 Å². The Morgan fingerprint density at radius 1 is 1.16 bits per heavy atom. The number of nitrogens with one attached hydrogen (secondary N) is 1. The minimum atomic E-state index is 0.921. The predicted molar refractivity (Wildman–Crippen MR) is 83.7 cm³/mol. The van der Waals surface area contributed by atoms with Crippen molar-refractivity contribution in [3.05, 3.63) is 35.9 Å². The Hall–Kier alpha value is -1.35. The number of rotatable bonds is 9. The zero-order chi connectivity index (χ0) is 13.9. The Bertz CT molecular complexity index is 356. The van der Waals surface area contributed by atoms with Crippen LogP contribution in [0.15, 0.2) is 35.4 Å². The molecule has 1 aromatic rings. The van der Waals surface area contributed by atoms with Gasteiger partial charge in [-0.15, -0.1) is 0 Å². The summed E-state index contributed by atoms with van der Waals surface area (Å²) in [6.07, 6.45) is 2.06. The van der Waals surface area contributed by atoms with Crippen molar-refractivity contribution >= 4 is 5.71 Å². The molecule has 0 radical (unpaired) electrons. The average Bonchev–Trinajstić information content (AvgIpc) is 2.44. The van der Waals surface area contributed by atoms with Gasteiger partial charge in [-0.05, 0) is 38.5 Å². The molecular weight excluding hydrogens is 234 g/mol. The van der Waals surface area contributed by atoms with Gasteiger partial charge in [0.25, 0.3) is 0 Å². The lowest BCUT2D eigenvalue weighted by Crippen LogP contribution is -2.26. The van der Waals surface area contributed by atoms with Crippen LogP contribution in [0.25, 0.3) is 0 Å². The van der Waals surface area contributed by atoms with Gasteiger partial charge < -0.3 is 10.3 Å². The Balaban J connectivity index is 2.18. The molecule has 0 aliphatic rings. The number of benzene rings is 1. The maximum Gasteiger partial charge on any atom is 0.0391 e. The predicted octanol–water partition coefficient (Wildman–Crippen LogP) is 2.93. The molecule has 0 saturated heterocycles. The van der Waals surface area contributed by atoms with E-state index in [4.69, 9.17) is 0 Å². The van der Waals surface area contributed by atoms with Crippen molar-refractivity contribution in [1.82, 2.24) is 10.3 Å². The second kappa shape index (κ2) is 9.56. The highest BCUT2D eigenvalue weighted by Crippen LogP contribution is 2.00. The molecule has 0 unspecified atom stereocenters. The number of hydrazone groups is 1. The lowest BCUT2D eigenvalue weighted by Gasteiger charge is -2.17. The molecular formula is C16H27N3. The molecule has 0 aliphatic carbocycles. The number of hydrogen-bond acceptors (Lipinski definition) is 3. The molecule has 0 saturated carbocycles. The van der Waals surface area contributed by atoms with E-state index in [1.54, 1.807) is 0 Å². The van der Waals surface area contributed by atoms with Gasteiger partial charge in [0.1, 0.15) is 0 Å². The molecule has 0 amide bonds.